The minimum absolute atomic E-state index is 0.0248. The first kappa shape index (κ1) is 15.4. The number of rotatable bonds is 4. The number of hydrogen-bond acceptors (Lipinski definition) is 6. The Bertz CT molecular complexity index is 509. The van der Waals surface area contributed by atoms with Crippen LogP contribution in [0, 0.1) is 0 Å². The summed E-state index contributed by atoms with van der Waals surface area (Å²) in [5.41, 5.74) is 1.19. The van der Waals surface area contributed by atoms with E-state index in [2.05, 4.69) is 12.1 Å². The molecule has 0 aliphatic carbocycles. The van der Waals surface area contributed by atoms with Crippen molar-refractivity contribution in [3.63, 3.8) is 0 Å². The van der Waals surface area contributed by atoms with E-state index in [1.807, 2.05) is 25.1 Å². The van der Waals surface area contributed by atoms with Gasteiger partial charge in [-0.05, 0) is 12.5 Å². The van der Waals surface area contributed by atoms with Crippen LogP contribution in [0.4, 0.5) is 0 Å². The molecule has 2 fully saturated rings. The summed E-state index contributed by atoms with van der Waals surface area (Å²) in [5, 5.41) is 1.43. The summed E-state index contributed by atoms with van der Waals surface area (Å²) in [6.45, 7) is 2.49. The van der Waals surface area contributed by atoms with E-state index in [1.54, 1.807) is 0 Å². The molecule has 2 saturated heterocycles. The van der Waals surface area contributed by atoms with Gasteiger partial charge in [-0.1, -0.05) is 35.6 Å². The smallest absolute Gasteiger partial charge is 0.337 e. The molecule has 2 aliphatic heterocycles. The van der Waals surface area contributed by atoms with Crippen molar-refractivity contribution < 1.29 is 23.9 Å². The quantitative estimate of drug-likeness (QED) is 0.793. The van der Waals surface area contributed by atoms with Gasteiger partial charge in [0, 0.05) is 25.4 Å². The zero-order valence-corrected chi connectivity index (χ0v) is 12.8. The van der Waals surface area contributed by atoms with Gasteiger partial charge in [0.15, 0.2) is 12.4 Å². The minimum atomic E-state index is -0.624. The summed E-state index contributed by atoms with van der Waals surface area (Å²) in [6, 6.07) is 10.2. The maximum absolute atomic E-state index is 11.7. The first-order chi connectivity index (χ1) is 10.7. The molecule has 2 heterocycles. The Hall–Kier alpha value is -1.47. The molecule has 4 atom stereocenters. The zero-order chi connectivity index (χ0) is 15.5. The van der Waals surface area contributed by atoms with Crippen LogP contribution in [0.1, 0.15) is 31.2 Å². The fraction of sp³-hybridized carbons (Fsp3) is 0.562. The van der Waals surface area contributed by atoms with Gasteiger partial charge in [-0.2, -0.15) is 0 Å². The Labute approximate surface area is 129 Å². The van der Waals surface area contributed by atoms with Crippen molar-refractivity contribution in [1.29, 1.82) is 0 Å². The normalized spacial score (nSPS) is 31.7. The summed E-state index contributed by atoms with van der Waals surface area (Å²) < 4.78 is 10.4. The monoisotopic (exact) mass is 307 g/mol. The lowest BCUT2D eigenvalue weighted by Gasteiger charge is -2.38. The van der Waals surface area contributed by atoms with Crippen molar-refractivity contribution >= 4 is 5.97 Å². The lowest BCUT2D eigenvalue weighted by Crippen LogP contribution is -2.44. The van der Waals surface area contributed by atoms with E-state index in [0.717, 1.165) is 6.42 Å². The van der Waals surface area contributed by atoms with Crippen molar-refractivity contribution in [3.8, 4) is 0 Å². The van der Waals surface area contributed by atoms with E-state index in [1.165, 1.54) is 17.9 Å². The van der Waals surface area contributed by atoms with Crippen LogP contribution in [0.5, 0.6) is 0 Å². The van der Waals surface area contributed by atoms with E-state index >= 15 is 0 Å². The number of hydrogen-bond donors (Lipinski definition) is 0. The van der Waals surface area contributed by atoms with Crippen molar-refractivity contribution in [2.45, 2.75) is 44.1 Å². The average Bonchev–Trinajstić information content (AvgIpc) is 2.98. The Kier molecular flexibility index (Phi) is 4.73. The van der Waals surface area contributed by atoms with E-state index in [-0.39, 0.29) is 24.2 Å². The molecule has 0 unspecified atom stereocenters. The number of nitrogens with zero attached hydrogens (tertiary/aromatic N) is 1. The molecule has 0 aromatic heterocycles. The summed E-state index contributed by atoms with van der Waals surface area (Å²) in [7, 11) is 1.36. The van der Waals surface area contributed by atoms with Gasteiger partial charge in [0.2, 0.25) is 0 Å². The molecule has 1 aromatic carbocycles. The third-order valence-electron chi connectivity index (χ3n) is 4.13. The first-order valence-electron chi connectivity index (χ1n) is 7.60. The molecule has 0 saturated carbocycles. The molecule has 3 rings (SSSR count). The van der Waals surface area contributed by atoms with Gasteiger partial charge in [0.1, 0.15) is 0 Å². The van der Waals surface area contributed by atoms with Crippen LogP contribution < -0.4 is 0 Å². The number of carbonyl (C=O) groups excluding carboxylic acids is 1. The highest BCUT2D eigenvalue weighted by Crippen LogP contribution is 2.41. The van der Waals surface area contributed by atoms with Crippen molar-refractivity contribution in [2.24, 2.45) is 0 Å². The van der Waals surface area contributed by atoms with E-state index in [9.17, 15) is 4.79 Å². The largest absolute Gasteiger partial charge is 0.467 e. The predicted octanol–water partition coefficient (Wildman–Crippen LogP) is 2.02. The predicted molar refractivity (Wildman–Crippen MR) is 77.4 cm³/mol. The van der Waals surface area contributed by atoms with Crippen LogP contribution in [0.2, 0.25) is 0 Å². The third kappa shape index (κ3) is 3.01. The second kappa shape index (κ2) is 6.75. The molecule has 6 heteroatoms. The molecule has 0 spiro atoms. The Morgan fingerprint density at radius 3 is 2.73 bits per heavy atom. The van der Waals surface area contributed by atoms with Crippen molar-refractivity contribution in [2.75, 3.05) is 13.7 Å². The highest BCUT2D eigenvalue weighted by atomic mass is 17.0. The number of ether oxygens (including phenoxy) is 2. The number of hydroxylamine groups is 2. The van der Waals surface area contributed by atoms with Gasteiger partial charge in [0.05, 0.1) is 13.2 Å². The summed E-state index contributed by atoms with van der Waals surface area (Å²) in [5.74, 6) is -0.195. The van der Waals surface area contributed by atoms with E-state index in [4.69, 9.17) is 19.1 Å². The topological polar surface area (TPSA) is 57.2 Å². The third-order valence-corrected chi connectivity index (χ3v) is 4.13. The molecule has 22 heavy (non-hydrogen) atoms. The van der Waals surface area contributed by atoms with Crippen LogP contribution >= 0.6 is 0 Å². The minimum Gasteiger partial charge on any atom is -0.467 e. The molecule has 6 nitrogen and oxygen atoms in total. The molecule has 0 amide bonds. The number of fused-ring (bicyclic) bond motifs is 1. The lowest BCUT2D eigenvalue weighted by atomic mass is 9.85. The molecular formula is C16H21NO5. The zero-order valence-electron chi connectivity index (χ0n) is 12.8. The number of benzene rings is 1. The molecule has 2 aliphatic rings. The Morgan fingerprint density at radius 1 is 1.27 bits per heavy atom. The van der Waals surface area contributed by atoms with Crippen LogP contribution in [0.15, 0.2) is 30.3 Å². The van der Waals surface area contributed by atoms with Gasteiger partial charge < -0.3 is 9.47 Å². The highest BCUT2D eigenvalue weighted by molar-refractivity contribution is 5.74. The summed E-state index contributed by atoms with van der Waals surface area (Å²) in [4.78, 5) is 23.1. The molecule has 1 aromatic rings. The lowest BCUT2D eigenvalue weighted by molar-refractivity contribution is -0.435. The fourth-order valence-corrected chi connectivity index (χ4v) is 3.10. The standard InChI is InChI=1S/C16H21NO5/c1-3-20-15-9-12(11-7-5-4-6-8-11)13-10-14(16(18)19-2)21-17(13)22-15/h4-8,12-15H,3,9-10H2,1-2H3/t12-,13+,14+,15+/m0/s1. The van der Waals surface area contributed by atoms with Crippen molar-refractivity contribution in [3.05, 3.63) is 35.9 Å². The Balaban J connectivity index is 1.82. The molecule has 0 radical (unpaired) electrons. The number of carbonyl (C=O) groups is 1. The van der Waals surface area contributed by atoms with Gasteiger partial charge in [-0.25, -0.2) is 9.63 Å². The molecule has 0 bridgehead atoms. The van der Waals surface area contributed by atoms with Gasteiger partial charge >= 0.3 is 5.97 Å². The number of methoxy groups -OCH3 is 1. The summed E-state index contributed by atoms with van der Waals surface area (Å²) in [6.07, 6.45) is 0.283. The van der Waals surface area contributed by atoms with E-state index in [0.29, 0.717) is 13.0 Å². The molecular weight excluding hydrogens is 286 g/mol. The van der Waals surface area contributed by atoms with Crippen molar-refractivity contribution in [1.82, 2.24) is 5.23 Å². The fourth-order valence-electron chi connectivity index (χ4n) is 3.10. The second-order valence-electron chi connectivity index (χ2n) is 5.45. The van der Waals surface area contributed by atoms with Crippen LogP contribution in [-0.2, 0) is 23.9 Å². The second-order valence-corrected chi connectivity index (χ2v) is 5.45. The highest BCUT2D eigenvalue weighted by Gasteiger charge is 2.48. The summed E-state index contributed by atoms with van der Waals surface area (Å²) >= 11 is 0. The van der Waals surface area contributed by atoms with Gasteiger partial charge in [0.25, 0.3) is 0 Å². The van der Waals surface area contributed by atoms with Gasteiger partial charge in [-0.3, -0.25) is 4.84 Å². The molecule has 120 valence electrons. The Morgan fingerprint density at radius 2 is 2.05 bits per heavy atom. The SMILES string of the molecule is CCO[C@H]1C[C@@H](c2ccccc2)[C@H]2C[C@H](C(=O)OC)ON2O1. The maximum atomic E-state index is 11.7. The molecule has 0 N–H and O–H groups in total. The van der Waals surface area contributed by atoms with Crippen LogP contribution in [-0.4, -0.2) is 43.3 Å². The van der Waals surface area contributed by atoms with Crippen LogP contribution in [0.3, 0.4) is 0 Å². The maximum Gasteiger partial charge on any atom is 0.337 e. The van der Waals surface area contributed by atoms with Gasteiger partial charge in [-0.15, -0.1) is 0 Å². The average molecular weight is 307 g/mol. The first-order valence-corrected chi connectivity index (χ1v) is 7.60. The van der Waals surface area contributed by atoms with Crippen LogP contribution in [0.25, 0.3) is 0 Å². The van der Waals surface area contributed by atoms with E-state index < -0.39 is 6.10 Å². The number of esters is 1.